The van der Waals surface area contributed by atoms with Crippen molar-refractivity contribution < 1.29 is 23.3 Å². The summed E-state index contributed by atoms with van der Waals surface area (Å²) in [7, 11) is 0. The summed E-state index contributed by atoms with van der Waals surface area (Å²) in [5.41, 5.74) is 0.101. The third kappa shape index (κ3) is 2.74. The van der Waals surface area contributed by atoms with Crippen LogP contribution in [0.4, 0.5) is 14.5 Å². The van der Waals surface area contributed by atoms with E-state index in [1.54, 1.807) is 6.07 Å². The molecule has 0 fully saturated rings. The highest BCUT2D eigenvalue weighted by Gasteiger charge is 2.24. The summed E-state index contributed by atoms with van der Waals surface area (Å²) in [4.78, 5) is 10.6. The third-order valence-corrected chi connectivity index (χ3v) is 3.43. The summed E-state index contributed by atoms with van der Waals surface area (Å²) in [6, 6.07) is 8.53. The molecule has 3 aromatic rings. The van der Waals surface area contributed by atoms with E-state index < -0.39 is 23.2 Å². The number of nitro groups is 1. The van der Waals surface area contributed by atoms with Crippen molar-refractivity contribution in [3.63, 3.8) is 0 Å². The van der Waals surface area contributed by atoms with Crippen LogP contribution in [0.3, 0.4) is 0 Å². The maximum atomic E-state index is 13.4. The van der Waals surface area contributed by atoms with Crippen molar-refractivity contribution >= 4 is 5.69 Å². The molecular formula is C16H10F2N2O4. The Morgan fingerprint density at radius 2 is 1.83 bits per heavy atom. The molecule has 6 nitrogen and oxygen atoms in total. The van der Waals surface area contributed by atoms with E-state index in [0.29, 0.717) is 6.07 Å². The quantitative estimate of drug-likeness (QED) is 0.581. The summed E-state index contributed by atoms with van der Waals surface area (Å²) in [5.74, 6) is -1.70. The first-order valence-corrected chi connectivity index (χ1v) is 6.81. The largest absolute Gasteiger partial charge is 0.391 e. The number of rotatable bonds is 4. The number of benzene rings is 2. The van der Waals surface area contributed by atoms with E-state index >= 15 is 0 Å². The number of hydrogen-bond acceptors (Lipinski definition) is 5. The molecule has 1 N–H and O–H groups in total. The van der Waals surface area contributed by atoms with E-state index in [9.17, 15) is 24.0 Å². The molecular weight excluding hydrogens is 322 g/mol. The van der Waals surface area contributed by atoms with E-state index in [0.717, 1.165) is 12.1 Å². The average molecular weight is 332 g/mol. The van der Waals surface area contributed by atoms with Crippen molar-refractivity contribution in [2.24, 2.45) is 0 Å². The minimum atomic E-state index is -0.822. The number of para-hydroxylation sites is 1. The highest BCUT2D eigenvalue weighted by Crippen LogP contribution is 2.36. The lowest BCUT2D eigenvalue weighted by atomic mass is 10.0. The molecule has 0 saturated heterocycles. The zero-order valence-corrected chi connectivity index (χ0v) is 12.1. The fraction of sp³-hybridized carbons (Fsp3) is 0.0625. The standard InChI is InChI=1S/C16H10F2N2O4/c17-10-5-9(6-11(18)7-10)16-13(8-21)15(19-24-16)12-3-1-2-4-14(12)20(22)23/h1-7,21H,8H2. The lowest BCUT2D eigenvalue weighted by Crippen LogP contribution is -1.95. The minimum absolute atomic E-state index is 0.0360. The highest BCUT2D eigenvalue weighted by atomic mass is 19.1. The number of aliphatic hydroxyl groups is 1. The van der Waals surface area contributed by atoms with Gasteiger partial charge in [0.25, 0.3) is 5.69 Å². The van der Waals surface area contributed by atoms with E-state index in [4.69, 9.17) is 4.52 Å². The Bertz CT molecular complexity index is 904. The number of aliphatic hydroxyl groups excluding tert-OH is 1. The van der Waals surface area contributed by atoms with Gasteiger partial charge in [-0.15, -0.1) is 0 Å². The van der Waals surface area contributed by atoms with E-state index in [1.807, 2.05) is 0 Å². The molecule has 0 unspecified atom stereocenters. The van der Waals surface area contributed by atoms with Crippen molar-refractivity contribution in [1.82, 2.24) is 5.16 Å². The van der Waals surface area contributed by atoms with Crippen molar-refractivity contribution in [3.05, 3.63) is 69.8 Å². The van der Waals surface area contributed by atoms with Gasteiger partial charge >= 0.3 is 0 Å². The molecule has 8 heteroatoms. The number of nitrogens with zero attached hydrogens (tertiary/aromatic N) is 2. The third-order valence-electron chi connectivity index (χ3n) is 3.43. The second-order valence-corrected chi connectivity index (χ2v) is 4.93. The van der Waals surface area contributed by atoms with Crippen molar-refractivity contribution in [2.45, 2.75) is 6.61 Å². The average Bonchev–Trinajstić information content (AvgIpc) is 2.97. The van der Waals surface area contributed by atoms with Gasteiger partial charge in [0, 0.05) is 17.7 Å². The molecule has 0 spiro atoms. The molecule has 24 heavy (non-hydrogen) atoms. The van der Waals surface area contributed by atoms with Gasteiger partial charge < -0.3 is 9.63 Å². The van der Waals surface area contributed by atoms with E-state index in [-0.39, 0.29) is 33.8 Å². The fourth-order valence-corrected chi connectivity index (χ4v) is 2.41. The van der Waals surface area contributed by atoms with Gasteiger partial charge in [-0.25, -0.2) is 8.78 Å². The number of nitro benzene ring substituents is 1. The first-order chi connectivity index (χ1) is 11.5. The Morgan fingerprint density at radius 1 is 1.17 bits per heavy atom. The molecule has 0 bridgehead atoms. The molecule has 2 aromatic carbocycles. The SMILES string of the molecule is O=[N+]([O-])c1ccccc1-c1noc(-c2cc(F)cc(F)c2)c1CO. The zero-order valence-electron chi connectivity index (χ0n) is 12.1. The van der Waals surface area contributed by atoms with Crippen LogP contribution >= 0.6 is 0 Å². The first kappa shape index (κ1) is 15.8. The van der Waals surface area contributed by atoms with Gasteiger partial charge in [0.05, 0.1) is 22.7 Å². The molecule has 0 aliphatic carbocycles. The lowest BCUT2D eigenvalue weighted by Gasteiger charge is -2.03. The molecule has 0 aliphatic heterocycles. The molecule has 1 aromatic heterocycles. The molecule has 0 radical (unpaired) electrons. The summed E-state index contributed by atoms with van der Waals surface area (Å²) in [5, 5.41) is 24.5. The van der Waals surface area contributed by atoms with Gasteiger partial charge in [0.1, 0.15) is 17.3 Å². The Hall–Kier alpha value is -3.13. The van der Waals surface area contributed by atoms with Gasteiger partial charge in [-0.05, 0) is 18.2 Å². The highest BCUT2D eigenvalue weighted by molar-refractivity contribution is 5.77. The van der Waals surface area contributed by atoms with Crippen molar-refractivity contribution in [2.75, 3.05) is 0 Å². The Balaban J connectivity index is 2.20. The van der Waals surface area contributed by atoms with Crippen LogP contribution in [0.1, 0.15) is 5.56 Å². The predicted molar refractivity (Wildman–Crippen MR) is 79.9 cm³/mol. The van der Waals surface area contributed by atoms with E-state index in [1.165, 1.54) is 18.2 Å². The smallest absolute Gasteiger partial charge is 0.278 e. The van der Waals surface area contributed by atoms with Crippen molar-refractivity contribution in [3.8, 4) is 22.6 Å². The summed E-state index contributed by atoms with van der Waals surface area (Å²) in [6.45, 7) is -0.571. The van der Waals surface area contributed by atoms with Gasteiger partial charge in [-0.2, -0.15) is 0 Å². The molecule has 3 rings (SSSR count). The molecule has 0 saturated carbocycles. The molecule has 122 valence electrons. The monoisotopic (exact) mass is 332 g/mol. The zero-order chi connectivity index (χ0) is 17.3. The van der Waals surface area contributed by atoms with Crippen LogP contribution in [0.15, 0.2) is 47.0 Å². The molecule has 0 aliphatic rings. The first-order valence-electron chi connectivity index (χ1n) is 6.81. The van der Waals surface area contributed by atoms with Gasteiger partial charge in [0.15, 0.2) is 5.76 Å². The maximum absolute atomic E-state index is 13.4. The normalized spacial score (nSPS) is 10.8. The second-order valence-electron chi connectivity index (χ2n) is 4.93. The minimum Gasteiger partial charge on any atom is -0.391 e. The Kier molecular flexibility index (Phi) is 4.05. The second kappa shape index (κ2) is 6.17. The lowest BCUT2D eigenvalue weighted by molar-refractivity contribution is -0.384. The van der Waals surface area contributed by atoms with Crippen LogP contribution in [0.2, 0.25) is 0 Å². The number of aromatic nitrogens is 1. The summed E-state index contributed by atoms with van der Waals surface area (Å²) < 4.78 is 31.9. The molecule has 0 amide bonds. The number of halogens is 2. The predicted octanol–water partition coefficient (Wildman–Crippen LogP) is 3.69. The van der Waals surface area contributed by atoms with E-state index in [2.05, 4.69) is 5.16 Å². The van der Waals surface area contributed by atoms with Crippen LogP contribution in [0.5, 0.6) is 0 Å². The van der Waals surface area contributed by atoms with Gasteiger partial charge in [-0.1, -0.05) is 17.3 Å². The van der Waals surface area contributed by atoms with Gasteiger partial charge in [-0.3, -0.25) is 10.1 Å². The van der Waals surface area contributed by atoms with Crippen LogP contribution < -0.4 is 0 Å². The Labute approximate surface area is 134 Å². The van der Waals surface area contributed by atoms with Gasteiger partial charge in [0.2, 0.25) is 0 Å². The Morgan fingerprint density at radius 3 is 2.46 bits per heavy atom. The van der Waals surface area contributed by atoms with Crippen LogP contribution in [0, 0.1) is 21.7 Å². The molecule has 1 heterocycles. The maximum Gasteiger partial charge on any atom is 0.278 e. The fourth-order valence-electron chi connectivity index (χ4n) is 2.41. The van der Waals surface area contributed by atoms with Crippen LogP contribution in [-0.4, -0.2) is 15.2 Å². The summed E-state index contributed by atoms with van der Waals surface area (Å²) in [6.07, 6.45) is 0. The van der Waals surface area contributed by atoms with Crippen molar-refractivity contribution in [1.29, 1.82) is 0 Å². The topological polar surface area (TPSA) is 89.4 Å². The number of hydrogen-bond donors (Lipinski definition) is 1. The molecule has 0 atom stereocenters. The van der Waals surface area contributed by atoms with Crippen LogP contribution in [-0.2, 0) is 6.61 Å². The van der Waals surface area contributed by atoms with Crippen LogP contribution in [0.25, 0.3) is 22.6 Å². The summed E-state index contributed by atoms with van der Waals surface area (Å²) >= 11 is 0.